The van der Waals surface area contributed by atoms with Crippen LogP contribution in [0, 0.1) is 6.92 Å². The van der Waals surface area contributed by atoms with Crippen LogP contribution in [0.3, 0.4) is 0 Å². The molecule has 0 unspecified atom stereocenters. The lowest BCUT2D eigenvalue weighted by atomic mass is 10.2. The molecule has 15 heavy (non-hydrogen) atoms. The van der Waals surface area contributed by atoms with Gasteiger partial charge in [-0.3, -0.25) is 4.90 Å². The highest BCUT2D eigenvalue weighted by Crippen LogP contribution is 2.20. The Balaban J connectivity index is 1.86. The molecule has 0 amide bonds. The van der Waals surface area contributed by atoms with Crippen LogP contribution in [0.5, 0.6) is 0 Å². The molecule has 1 aliphatic heterocycles. The summed E-state index contributed by atoms with van der Waals surface area (Å²) in [5.41, 5.74) is 0. The van der Waals surface area contributed by atoms with Crippen molar-refractivity contribution in [2.45, 2.75) is 18.7 Å². The molecule has 2 heterocycles. The Kier molecular flexibility index (Phi) is 2.56. The molecule has 0 spiro atoms. The number of hydrogen-bond acceptors (Lipinski definition) is 4. The van der Waals surface area contributed by atoms with Crippen molar-refractivity contribution in [3.63, 3.8) is 0 Å². The summed E-state index contributed by atoms with van der Waals surface area (Å²) in [5.74, 6) is 1.60. The molecule has 0 atom stereocenters. The van der Waals surface area contributed by atoms with Gasteiger partial charge in [0.1, 0.15) is 16.8 Å². The summed E-state index contributed by atoms with van der Waals surface area (Å²) in [5, 5.41) is -0.853. The predicted molar refractivity (Wildman–Crippen MR) is 52.5 cm³/mol. The zero-order valence-electron chi connectivity index (χ0n) is 8.31. The molecule has 0 bridgehead atoms. The van der Waals surface area contributed by atoms with E-state index in [2.05, 4.69) is 0 Å². The zero-order valence-corrected chi connectivity index (χ0v) is 9.13. The van der Waals surface area contributed by atoms with E-state index in [0.717, 1.165) is 11.5 Å². The Bertz CT molecular complexity index is 448. The normalized spacial score (nSPS) is 19.1. The molecule has 1 fully saturated rings. The van der Waals surface area contributed by atoms with Gasteiger partial charge in [-0.1, -0.05) is 0 Å². The van der Waals surface area contributed by atoms with Gasteiger partial charge in [-0.2, -0.15) is 8.42 Å². The molecule has 0 radical (unpaired) electrons. The van der Waals surface area contributed by atoms with Crippen molar-refractivity contribution in [2.75, 3.05) is 13.1 Å². The molecule has 0 aliphatic carbocycles. The molecule has 1 aromatic rings. The molecule has 4 nitrogen and oxygen atoms in total. The van der Waals surface area contributed by atoms with Crippen molar-refractivity contribution >= 4 is 10.2 Å². The topological polar surface area (TPSA) is 50.5 Å². The zero-order chi connectivity index (χ0) is 11.1. The first-order chi connectivity index (χ1) is 6.95. The predicted octanol–water partition coefficient (Wildman–Crippen LogP) is 1.07. The van der Waals surface area contributed by atoms with E-state index < -0.39 is 15.5 Å². The van der Waals surface area contributed by atoms with Gasteiger partial charge in [0, 0.05) is 13.1 Å². The van der Waals surface area contributed by atoms with Gasteiger partial charge in [0.15, 0.2) is 0 Å². The Morgan fingerprint density at radius 2 is 2.20 bits per heavy atom. The van der Waals surface area contributed by atoms with E-state index in [0.29, 0.717) is 6.54 Å². The fourth-order valence-corrected chi connectivity index (χ4v) is 2.40. The highest BCUT2D eigenvalue weighted by atomic mass is 32.3. The lowest BCUT2D eigenvalue weighted by molar-refractivity contribution is 0.159. The van der Waals surface area contributed by atoms with Crippen molar-refractivity contribution in [3.8, 4) is 0 Å². The van der Waals surface area contributed by atoms with Crippen molar-refractivity contribution < 1.29 is 16.7 Å². The minimum atomic E-state index is -4.36. The molecule has 6 heteroatoms. The standard InChI is InChI=1S/C9H12FNO3S/c1-7-2-3-8(14-7)4-11-5-9(6-11)15(10,12)13/h2-3,9H,4-6H2,1H3. The summed E-state index contributed by atoms with van der Waals surface area (Å²) in [6, 6.07) is 3.69. The highest BCUT2D eigenvalue weighted by molar-refractivity contribution is 7.87. The minimum Gasteiger partial charge on any atom is -0.465 e. The number of likely N-dealkylation sites (tertiary alicyclic amines) is 1. The maximum absolute atomic E-state index is 12.5. The van der Waals surface area contributed by atoms with Crippen LogP contribution in [-0.4, -0.2) is 31.7 Å². The van der Waals surface area contributed by atoms with Crippen LogP contribution in [0.1, 0.15) is 11.5 Å². The second-order valence-corrected chi connectivity index (χ2v) is 5.42. The van der Waals surface area contributed by atoms with Gasteiger partial charge in [0.25, 0.3) is 0 Å². The van der Waals surface area contributed by atoms with Gasteiger partial charge >= 0.3 is 10.2 Å². The van der Waals surface area contributed by atoms with E-state index in [1.165, 1.54) is 0 Å². The summed E-state index contributed by atoms with van der Waals surface area (Å²) >= 11 is 0. The summed E-state index contributed by atoms with van der Waals surface area (Å²) in [6.07, 6.45) is 0. The van der Waals surface area contributed by atoms with Crippen LogP contribution >= 0.6 is 0 Å². The number of furan rings is 1. The average Bonchev–Trinajstić information content (AvgIpc) is 2.40. The molecular weight excluding hydrogens is 221 g/mol. The summed E-state index contributed by atoms with van der Waals surface area (Å²) < 4.78 is 38.8. The molecule has 1 aromatic heterocycles. The molecule has 84 valence electrons. The molecule has 0 saturated carbocycles. The summed E-state index contributed by atoms with van der Waals surface area (Å²) in [7, 11) is -4.36. The third kappa shape index (κ3) is 2.38. The van der Waals surface area contributed by atoms with Crippen LogP contribution in [0.15, 0.2) is 16.5 Å². The maximum Gasteiger partial charge on any atom is 0.307 e. The summed E-state index contributed by atoms with van der Waals surface area (Å²) in [4.78, 5) is 1.83. The Hall–Kier alpha value is -0.880. The van der Waals surface area contributed by atoms with Crippen LogP contribution in [-0.2, 0) is 16.8 Å². The maximum atomic E-state index is 12.5. The van der Waals surface area contributed by atoms with Gasteiger partial charge < -0.3 is 4.42 Å². The Morgan fingerprint density at radius 1 is 1.53 bits per heavy atom. The number of nitrogens with zero attached hydrogens (tertiary/aromatic N) is 1. The van der Waals surface area contributed by atoms with E-state index in [9.17, 15) is 12.3 Å². The smallest absolute Gasteiger partial charge is 0.307 e. The van der Waals surface area contributed by atoms with Gasteiger partial charge in [0.05, 0.1) is 6.54 Å². The first kappa shape index (κ1) is 10.6. The largest absolute Gasteiger partial charge is 0.465 e. The number of hydrogen-bond donors (Lipinski definition) is 0. The molecule has 0 N–H and O–H groups in total. The molecular formula is C9H12FNO3S. The number of aryl methyl sites for hydroxylation is 1. The van der Waals surface area contributed by atoms with Crippen molar-refractivity contribution in [3.05, 3.63) is 23.7 Å². The lowest BCUT2D eigenvalue weighted by Crippen LogP contribution is -2.52. The molecule has 2 rings (SSSR count). The van der Waals surface area contributed by atoms with Crippen LogP contribution in [0.2, 0.25) is 0 Å². The quantitative estimate of drug-likeness (QED) is 0.733. The molecule has 1 saturated heterocycles. The van der Waals surface area contributed by atoms with E-state index in [1.807, 2.05) is 24.0 Å². The first-order valence-corrected chi connectivity index (χ1v) is 6.11. The minimum absolute atomic E-state index is 0.249. The third-order valence-electron chi connectivity index (χ3n) is 2.50. The fraction of sp³-hybridized carbons (Fsp3) is 0.556. The van der Waals surface area contributed by atoms with Gasteiger partial charge in [-0.25, -0.2) is 0 Å². The SMILES string of the molecule is Cc1ccc(CN2CC(S(=O)(=O)F)C2)o1. The third-order valence-corrected chi connectivity index (χ3v) is 3.59. The summed E-state index contributed by atoms with van der Waals surface area (Å²) in [6.45, 7) is 2.88. The van der Waals surface area contributed by atoms with Crippen molar-refractivity contribution in [1.29, 1.82) is 0 Å². The van der Waals surface area contributed by atoms with Crippen LogP contribution in [0.4, 0.5) is 3.89 Å². The van der Waals surface area contributed by atoms with E-state index in [4.69, 9.17) is 4.42 Å². The monoisotopic (exact) mass is 233 g/mol. The number of halogens is 1. The molecule has 0 aromatic carbocycles. The van der Waals surface area contributed by atoms with E-state index in [-0.39, 0.29) is 13.1 Å². The van der Waals surface area contributed by atoms with Gasteiger partial charge in [-0.15, -0.1) is 3.89 Å². The number of rotatable bonds is 3. The molecule has 1 aliphatic rings. The van der Waals surface area contributed by atoms with E-state index in [1.54, 1.807) is 0 Å². The Labute approximate surface area is 87.9 Å². The average molecular weight is 233 g/mol. The fourth-order valence-electron chi connectivity index (χ4n) is 1.62. The van der Waals surface area contributed by atoms with Crippen molar-refractivity contribution in [1.82, 2.24) is 4.90 Å². The van der Waals surface area contributed by atoms with Gasteiger partial charge in [0.2, 0.25) is 0 Å². The first-order valence-electron chi connectivity index (χ1n) is 4.66. The van der Waals surface area contributed by atoms with Gasteiger partial charge in [-0.05, 0) is 19.1 Å². The van der Waals surface area contributed by atoms with Crippen LogP contribution < -0.4 is 0 Å². The lowest BCUT2D eigenvalue weighted by Gasteiger charge is -2.35. The second kappa shape index (κ2) is 3.61. The van der Waals surface area contributed by atoms with Crippen LogP contribution in [0.25, 0.3) is 0 Å². The van der Waals surface area contributed by atoms with E-state index >= 15 is 0 Å². The van der Waals surface area contributed by atoms with Crippen molar-refractivity contribution in [2.24, 2.45) is 0 Å². The Morgan fingerprint density at radius 3 is 2.67 bits per heavy atom. The highest BCUT2D eigenvalue weighted by Gasteiger charge is 2.37. The second-order valence-electron chi connectivity index (χ2n) is 3.80.